The maximum absolute atomic E-state index is 8.69. The van der Waals surface area contributed by atoms with Crippen molar-refractivity contribution < 1.29 is 0 Å². The van der Waals surface area contributed by atoms with Crippen LogP contribution in [-0.4, -0.2) is 9.97 Å². The fourth-order valence-electron chi connectivity index (χ4n) is 1.27. The molecule has 4 nitrogen and oxygen atoms in total. The van der Waals surface area contributed by atoms with Gasteiger partial charge in [0.1, 0.15) is 0 Å². The Morgan fingerprint density at radius 1 is 1.20 bits per heavy atom. The van der Waals surface area contributed by atoms with E-state index in [1.807, 2.05) is 6.07 Å². The third kappa shape index (κ3) is 1.76. The molecule has 0 fully saturated rings. The SMILES string of the molecule is N#Cc1ccc(-c2ncccn2)c(N)c1. The molecule has 15 heavy (non-hydrogen) atoms. The van der Waals surface area contributed by atoms with E-state index in [9.17, 15) is 0 Å². The summed E-state index contributed by atoms with van der Waals surface area (Å²) in [7, 11) is 0. The van der Waals surface area contributed by atoms with E-state index in [1.165, 1.54) is 0 Å². The van der Waals surface area contributed by atoms with E-state index in [4.69, 9.17) is 11.0 Å². The first-order chi connectivity index (χ1) is 7.31. The summed E-state index contributed by atoms with van der Waals surface area (Å²) in [5.74, 6) is 0.569. The number of aromatic nitrogens is 2. The predicted molar refractivity (Wildman–Crippen MR) is 56.6 cm³/mol. The summed E-state index contributed by atoms with van der Waals surface area (Å²) in [6.07, 6.45) is 3.31. The number of anilines is 1. The first-order valence-electron chi connectivity index (χ1n) is 4.38. The molecule has 0 aliphatic heterocycles. The highest BCUT2D eigenvalue weighted by molar-refractivity contribution is 5.72. The summed E-state index contributed by atoms with van der Waals surface area (Å²) in [6, 6.07) is 8.83. The minimum atomic E-state index is 0.514. The zero-order valence-corrected chi connectivity index (χ0v) is 7.88. The van der Waals surface area contributed by atoms with Gasteiger partial charge >= 0.3 is 0 Å². The van der Waals surface area contributed by atoms with Gasteiger partial charge < -0.3 is 5.73 Å². The third-order valence-electron chi connectivity index (χ3n) is 1.99. The highest BCUT2D eigenvalue weighted by atomic mass is 14.9. The zero-order valence-electron chi connectivity index (χ0n) is 7.88. The summed E-state index contributed by atoms with van der Waals surface area (Å²) >= 11 is 0. The predicted octanol–water partition coefficient (Wildman–Crippen LogP) is 1.60. The van der Waals surface area contributed by atoms with Gasteiger partial charge in [0.25, 0.3) is 0 Å². The van der Waals surface area contributed by atoms with Crippen LogP contribution in [0.25, 0.3) is 11.4 Å². The first kappa shape index (κ1) is 9.16. The molecule has 1 aromatic carbocycles. The monoisotopic (exact) mass is 196 g/mol. The minimum Gasteiger partial charge on any atom is -0.398 e. The summed E-state index contributed by atoms with van der Waals surface area (Å²) in [5.41, 5.74) is 7.59. The summed E-state index contributed by atoms with van der Waals surface area (Å²) < 4.78 is 0. The number of hydrogen-bond acceptors (Lipinski definition) is 4. The smallest absolute Gasteiger partial charge is 0.161 e. The second-order valence-corrected chi connectivity index (χ2v) is 2.99. The third-order valence-corrected chi connectivity index (χ3v) is 1.99. The summed E-state index contributed by atoms with van der Waals surface area (Å²) in [6.45, 7) is 0. The number of nitriles is 1. The van der Waals surface area contributed by atoms with E-state index < -0.39 is 0 Å². The standard InChI is InChI=1S/C11H8N4/c12-7-8-2-3-9(10(13)6-8)11-14-4-1-5-15-11/h1-6H,13H2. The van der Waals surface area contributed by atoms with Crippen molar-refractivity contribution in [3.8, 4) is 17.5 Å². The van der Waals surface area contributed by atoms with E-state index in [-0.39, 0.29) is 0 Å². The number of hydrogen-bond donors (Lipinski definition) is 1. The van der Waals surface area contributed by atoms with Crippen LogP contribution in [0.5, 0.6) is 0 Å². The number of nitrogens with zero attached hydrogens (tertiary/aromatic N) is 3. The van der Waals surface area contributed by atoms with Crippen molar-refractivity contribution in [1.29, 1.82) is 5.26 Å². The molecule has 0 unspecified atom stereocenters. The van der Waals surface area contributed by atoms with Gasteiger partial charge in [0.05, 0.1) is 11.6 Å². The molecule has 0 atom stereocenters. The van der Waals surface area contributed by atoms with Gasteiger partial charge in [0.2, 0.25) is 0 Å². The topological polar surface area (TPSA) is 75.6 Å². The van der Waals surface area contributed by atoms with Crippen molar-refractivity contribution in [2.24, 2.45) is 0 Å². The fraction of sp³-hybridized carbons (Fsp3) is 0. The van der Waals surface area contributed by atoms with Crippen molar-refractivity contribution in [1.82, 2.24) is 9.97 Å². The number of benzene rings is 1. The van der Waals surface area contributed by atoms with E-state index in [0.29, 0.717) is 17.1 Å². The van der Waals surface area contributed by atoms with Gasteiger partial charge in [-0.05, 0) is 24.3 Å². The fourth-order valence-corrected chi connectivity index (χ4v) is 1.27. The normalized spacial score (nSPS) is 9.53. The average Bonchev–Trinajstić information content (AvgIpc) is 2.30. The van der Waals surface area contributed by atoms with E-state index in [1.54, 1.807) is 36.7 Å². The second-order valence-electron chi connectivity index (χ2n) is 2.99. The lowest BCUT2D eigenvalue weighted by Gasteiger charge is -2.03. The Morgan fingerprint density at radius 3 is 2.53 bits per heavy atom. The van der Waals surface area contributed by atoms with Gasteiger partial charge in [-0.3, -0.25) is 0 Å². The molecule has 1 heterocycles. The van der Waals surface area contributed by atoms with Crippen molar-refractivity contribution in [3.63, 3.8) is 0 Å². The molecule has 0 spiro atoms. The molecule has 0 saturated heterocycles. The van der Waals surface area contributed by atoms with Crippen LogP contribution in [0.1, 0.15) is 5.56 Å². The van der Waals surface area contributed by atoms with Crippen LogP contribution in [0.4, 0.5) is 5.69 Å². The van der Waals surface area contributed by atoms with Crippen molar-refractivity contribution in [3.05, 3.63) is 42.2 Å². The molecule has 2 rings (SSSR count). The number of rotatable bonds is 1. The quantitative estimate of drug-likeness (QED) is 0.703. The van der Waals surface area contributed by atoms with Crippen LogP contribution in [-0.2, 0) is 0 Å². The largest absolute Gasteiger partial charge is 0.398 e. The molecule has 0 bridgehead atoms. The van der Waals surface area contributed by atoms with Gasteiger partial charge in [0, 0.05) is 23.6 Å². The summed E-state index contributed by atoms with van der Waals surface area (Å²) in [5, 5.41) is 8.69. The van der Waals surface area contributed by atoms with Crippen LogP contribution in [0.2, 0.25) is 0 Å². The van der Waals surface area contributed by atoms with Gasteiger partial charge in [-0.1, -0.05) is 0 Å². The van der Waals surface area contributed by atoms with E-state index in [2.05, 4.69) is 9.97 Å². The minimum absolute atomic E-state index is 0.514. The lowest BCUT2D eigenvalue weighted by atomic mass is 10.1. The maximum atomic E-state index is 8.69. The average molecular weight is 196 g/mol. The lowest BCUT2D eigenvalue weighted by Crippen LogP contribution is -1.94. The van der Waals surface area contributed by atoms with E-state index in [0.717, 1.165) is 5.56 Å². The molecule has 0 radical (unpaired) electrons. The Kier molecular flexibility index (Phi) is 2.30. The van der Waals surface area contributed by atoms with Gasteiger partial charge in [-0.15, -0.1) is 0 Å². The first-order valence-corrected chi connectivity index (χ1v) is 4.38. The molecule has 2 aromatic rings. The van der Waals surface area contributed by atoms with Gasteiger partial charge in [-0.25, -0.2) is 9.97 Å². The Bertz CT molecular complexity index is 514. The lowest BCUT2D eigenvalue weighted by molar-refractivity contribution is 1.18. The molecule has 0 aliphatic carbocycles. The van der Waals surface area contributed by atoms with Crippen LogP contribution in [0.15, 0.2) is 36.7 Å². The van der Waals surface area contributed by atoms with Gasteiger partial charge in [-0.2, -0.15) is 5.26 Å². The Morgan fingerprint density at radius 2 is 1.93 bits per heavy atom. The molecule has 4 heteroatoms. The highest BCUT2D eigenvalue weighted by Crippen LogP contribution is 2.22. The Labute approximate surface area is 87.0 Å². The Balaban J connectivity index is 2.52. The molecular weight excluding hydrogens is 188 g/mol. The van der Waals surface area contributed by atoms with Crippen LogP contribution in [0, 0.1) is 11.3 Å². The molecule has 2 N–H and O–H groups in total. The Hall–Kier alpha value is -2.41. The van der Waals surface area contributed by atoms with Crippen molar-refractivity contribution in [2.45, 2.75) is 0 Å². The molecule has 72 valence electrons. The molecular formula is C11H8N4. The highest BCUT2D eigenvalue weighted by Gasteiger charge is 2.05. The second kappa shape index (κ2) is 3.76. The zero-order chi connectivity index (χ0) is 10.7. The van der Waals surface area contributed by atoms with Crippen molar-refractivity contribution in [2.75, 3.05) is 5.73 Å². The van der Waals surface area contributed by atoms with Crippen LogP contribution >= 0.6 is 0 Å². The molecule has 0 saturated carbocycles. The van der Waals surface area contributed by atoms with Crippen LogP contribution in [0.3, 0.4) is 0 Å². The molecule has 0 aliphatic rings. The van der Waals surface area contributed by atoms with Crippen molar-refractivity contribution >= 4 is 5.69 Å². The number of nitrogen functional groups attached to an aromatic ring is 1. The van der Waals surface area contributed by atoms with E-state index >= 15 is 0 Å². The molecule has 0 amide bonds. The van der Waals surface area contributed by atoms with Crippen LogP contribution < -0.4 is 5.73 Å². The summed E-state index contributed by atoms with van der Waals surface area (Å²) in [4.78, 5) is 8.18. The van der Waals surface area contributed by atoms with Gasteiger partial charge in [0.15, 0.2) is 5.82 Å². The maximum Gasteiger partial charge on any atom is 0.161 e. The number of nitrogens with two attached hydrogens (primary N) is 1. The molecule has 1 aromatic heterocycles.